The zero-order valence-electron chi connectivity index (χ0n) is 33.7. The van der Waals surface area contributed by atoms with Crippen molar-refractivity contribution >= 4 is 12.0 Å². The quantitative estimate of drug-likeness (QED) is 0.0584. The van der Waals surface area contributed by atoms with Gasteiger partial charge in [-0.25, -0.2) is 9.59 Å². The first-order chi connectivity index (χ1) is 26.9. The number of nitrogens with one attached hydrogen (secondary N) is 2. The lowest BCUT2D eigenvalue weighted by atomic mass is 9.99. The topological polar surface area (TPSA) is 109 Å². The molecule has 0 spiro atoms. The van der Waals surface area contributed by atoms with Crippen molar-refractivity contribution in [3.63, 3.8) is 0 Å². The molecule has 9 nitrogen and oxygen atoms in total. The van der Waals surface area contributed by atoms with Crippen molar-refractivity contribution in [1.29, 1.82) is 0 Å². The van der Waals surface area contributed by atoms with E-state index in [4.69, 9.17) is 14.2 Å². The molecule has 1 aliphatic rings. The van der Waals surface area contributed by atoms with E-state index >= 15 is 0 Å². The number of aliphatic hydroxyl groups excluding tert-OH is 1. The van der Waals surface area contributed by atoms with Crippen molar-refractivity contribution in [2.75, 3.05) is 26.7 Å². The summed E-state index contributed by atoms with van der Waals surface area (Å²) < 4.78 is 18.4. The predicted molar refractivity (Wildman–Crippen MR) is 219 cm³/mol. The number of urea groups is 1. The maximum atomic E-state index is 12.8. The molecule has 2 amide bonds. The summed E-state index contributed by atoms with van der Waals surface area (Å²) in [5.41, 5.74) is 4.71. The van der Waals surface area contributed by atoms with Crippen molar-refractivity contribution < 1.29 is 28.9 Å². The van der Waals surface area contributed by atoms with Gasteiger partial charge >= 0.3 is 12.0 Å². The molecule has 0 bridgehead atoms. The van der Waals surface area contributed by atoms with Crippen LogP contribution in [0.3, 0.4) is 0 Å². The van der Waals surface area contributed by atoms with Crippen molar-refractivity contribution in [1.82, 2.24) is 15.5 Å². The number of benzene rings is 3. The van der Waals surface area contributed by atoms with Crippen LogP contribution in [0.2, 0.25) is 0 Å². The Kier molecular flexibility index (Phi) is 20.3. The number of nitrogens with zero attached hydrogens (tertiary/aromatic N) is 1. The third-order valence-electron chi connectivity index (χ3n) is 10.5. The Morgan fingerprint density at radius 2 is 1.33 bits per heavy atom. The van der Waals surface area contributed by atoms with Gasteiger partial charge in [-0.1, -0.05) is 157 Å². The number of carbonyl (C=O) groups is 2. The third-order valence-corrected chi connectivity index (χ3v) is 10.5. The summed E-state index contributed by atoms with van der Waals surface area (Å²) in [6, 6.07) is 24.3. The van der Waals surface area contributed by atoms with Gasteiger partial charge in [0.05, 0.1) is 25.9 Å². The van der Waals surface area contributed by atoms with Crippen LogP contribution >= 0.6 is 0 Å². The van der Waals surface area contributed by atoms with E-state index in [2.05, 4.69) is 41.5 Å². The lowest BCUT2D eigenvalue weighted by Crippen LogP contribution is -2.47. The molecule has 1 saturated heterocycles. The summed E-state index contributed by atoms with van der Waals surface area (Å²) in [5, 5.41) is 15.3. The lowest BCUT2D eigenvalue weighted by molar-refractivity contribution is -0.253. The second-order valence-electron chi connectivity index (χ2n) is 15.0. The Morgan fingerprint density at radius 3 is 1.93 bits per heavy atom. The molecule has 3 aromatic carbocycles. The number of hydrogen-bond acceptors (Lipinski definition) is 7. The standard InChI is InChI=1S/C46H67N3O6/c1-4-6-8-10-12-17-29-49(30-18-13-11-9-7-5-2)34-41-32-43(39-25-23-38(35-50)24-26-39)55-45(54-41)40-27-21-37(22-28-40)33-47-46(52)48-42(44(51)53-3)31-36-19-15-14-16-20-36/h14-16,19-28,41-43,45,50H,4-13,17-18,29-35H2,1-3H3,(H2,47,48,52). The molecule has 9 heteroatoms. The van der Waals surface area contributed by atoms with E-state index in [1.54, 1.807) is 0 Å². The molecular formula is C46H67N3O6. The highest BCUT2D eigenvalue weighted by Gasteiger charge is 2.33. The summed E-state index contributed by atoms with van der Waals surface area (Å²) in [7, 11) is 1.32. The van der Waals surface area contributed by atoms with Gasteiger partial charge in [0, 0.05) is 31.5 Å². The van der Waals surface area contributed by atoms with Crippen molar-refractivity contribution in [3.05, 3.63) is 107 Å². The Bertz CT molecular complexity index is 1470. The van der Waals surface area contributed by atoms with E-state index in [0.29, 0.717) is 6.42 Å². The van der Waals surface area contributed by atoms with E-state index in [1.807, 2.05) is 66.7 Å². The average Bonchev–Trinajstić information content (AvgIpc) is 3.22. The molecule has 1 fully saturated rings. The number of esters is 1. The molecule has 4 rings (SSSR count). The van der Waals surface area contributed by atoms with E-state index in [9.17, 15) is 14.7 Å². The molecule has 302 valence electrons. The molecule has 0 radical (unpaired) electrons. The van der Waals surface area contributed by atoms with E-state index in [0.717, 1.165) is 53.9 Å². The largest absolute Gasteiger partial charge is 0.467 e. The number of unbranched alkanes of at least 4 members (excludes halogenated alkanes) is 10. The number of methoxy groups -OCH3 is 1. The van der Waals surface area contributed by atoms with Gasteiger partial charge in [-0.05, 0) is 48.2 Å². The molecule has 0 saturated carbocycles. The van der Waals surface area contributed by atoms with Crippen LogP contribution in [-0.4, -0.2) is 60.9 Å². The number of rotatable bonds is 25. The van der Waals surface area contributed by atoms with Gasteiger partial charge < -0.3 is 34.9 Å². The van der Waals surface area contributed by atoms with Crippen LogP contribution in [0.5, 0.6) is 0 Å². The summed E-state index contributed by atoms with van der Waals surface area (Å²) >= 11 is 0. The van der Waals surface area contributed by atoms with Crippen molar-refractivity contribution in [2.45, 2.75) is 141 Å². The van der Waals surface area contributed by atoms with Crippen LogP contribution in [0.1, 0.15) is 138 Å². The summed E-state index contributed by atoms with van der Waals surface area (Å²) in [4.78, 5) is 27.9. The Morgan fingerprint density at radius 1 is 0.745 bits per heavy atom. The summed E-state index contributed by atoms with van der Waals surface area (Å²) in [6.45, 7) is 7.86. The summed E-state index contributed by atoms with van der Waals surface area (Å²) in [5.74, 6) is -0.496. The molecule has 3 N–H and O–H groups in total. The fourth-order valence-corrected chi connectivity index (χ4v) is 7.22. The number of ether oxygens (including phenoxy) is 3. The highest BCUT2D eigenvalue weighted by atomic mass is 16.7. The van der Waals surface area contributed by atoms with Gasteiger partial charge in [-0.3, -0.25) is 0 Å². The minimum Gasteiger partial charge on any atom is -0.467 e. The second-order valence-corrected chi connectivity index (χ2v) is 15.0. The summed E-state index contributed by atoms with van der Waals surface area (Å²) in [6.07, 6.45) is 15.8. The molecule has 4 atom stereocenters. The minimum absolute atomic E-state index is 0.00836. The number of aliphatic hydroxyl groups is 1. The van der Waals surface area contributed by atoms with Crippen LogP contribution in [-0.2, 0) is 38.6 Å². The smallest absolute Gasteiger partial charge is 0.328 e. The fourth-order valence-electron chi connectivity index (χ4n) is 7.22. The monoisotopic (exact) mass is 758 g/mol. The molecule has 3 aromatic rings. The highest BCUT2D eigenvalue weighted by Crippen LogP contribution is 2.38. The van der Waals surface area contributed by atoms with Gasteiger partial charge in [0.2, 0.25) is 0 Å². The van der Waals surface area contributed by atoms with Gasteiger partial charge in [0.15, 0.2) is 6.29 Å². The normalized spacial score (nSPS) is 17.5. The number of hydrogen-bond donors (Lipinski definition) is 3. The molecule has 1 aliphatic heterocycles. The minimum atomic E-state index is -0.802. The number of carbonyl (C=O) groups excluding carboxylic acids is 2. The van der Waals surface area contributed by atoms with Crippen LogP contribution < -0.4 is 10.6 Å². The molecule has 4 unspecified atom stereocenters. The number of amides is 2. The molecule has 0 aliphatic carbocycles. The van der Waals surface area contributed by atoms with E-state index in [-0.39, 0.29) is 25.4 Å². The maximum absolute atomic E-state index is 12.8. The zero-order valence-corrected chi connectivity index (χ0v) is 33.7. The maximum Gasteiger partial charge on any atom is 0.328 e. The first kappa shape index (κ1) is 44.0. The Labute approximate surface area is 330 Å². The third kappa shape index (κ3) is 16.1. The van der Waals surface area contributed by atoms with Gasteiger partial charge in [0.1, 0.15) is 6.04 Å². The highest BCUT2D eigenvalue weighted by molar-refractivity contribution is 5.83. The van der Waals surface area contributed by atoms with Crippen molar-refractivity contribution in [3.8, 4) is 0 Å². The fraction of sp³-hybridized carbons (Fsp3) is 0.565. The Balaban J connectivity index is 1.40. The first-order valence-corrected chi connectivity index (χ1v) is 20.9. The SMILES string of the molecule is CCCCCCCCN(CCCCCCCC)CC1CC(c2ccc(CO)cc2)OC(c2ccc(CNC(=O)NC(Cc3ccccc3)C(=O)OC)cc2)O1. The zero-order chi connectivity index (χ0) is 39.1. The van der Waals surface area contributed by atoms with Crippen LogP contribution in [0.25, 0.3) is 0 Å². The van der Waals surface area contributed by atoms with E-state index in [1.165, 1.54) is 84.2 Å². The van der Waals surface area contributed by atoms with Crippen molar-refractivity contribution in [2.24, 2.45) is 0 Å². The molecule has 55 heavy (non-hydrogen) atoms. The first-order valence-electron chi connectivity index (χ1n) is 20.9. The molecular weight excluding hydrogens is 691 g/mol. The predicted octanol–water partition coefficient (Wildman–Crippen LogP) is 9.33. The van der Waals surface area contributed by atoms with Crippen LogP contribution in [0.15, 0.2) is 78.9 Å². The van der Waals surface area contributed by atoms with Crippen LogP contribution in [0, 0.1) is 0 Å². The molecule has 1 heterocycles. The van der Waals surface area contributed by atoms with Gasteiger partial charge in [0.25, 0.3) is 0 Å². The van der Waals surface area contributed by atoms with Gasteiger partial charge in [-0.2, -0.15) is 0 Å². The molecule has 0 aromatic heterocycles. The second kappa shape index (κ2) is 25.4. The average molecular weight is 758 g/mol. The lowest BCUT2D eigenvalue weighted by Gasteiger charge is -2.38. The van der Waals surface area contributed by atoms with Gasteiger partial charge in [-0.15, -0.1) is 0 Å². The Hall–Kier alpha value is -3.76. The van der Waals surface area contributed by atoms with E-state index < -0.39 is 24.3 Å². The van der Waals surface area contributed by atoms with Crippen LogP contribution in [0.4, 0.5) is 4.79 Å².